The number of aliphatic imine (C=N–C) groups is 1. The quantitative estimate of drug-likeness (QED) is 0.180. The molecule has 1 aliphatic rings. The molecule has 53 heavy (non-hydrogen) atoms. The highest BCUT2D eigenvalue weighted by molar-refractivity contribution is 7.99. The molecule has 0 spiro atoms. The van der Waals surface area contributed by atoms with Crippen LogP contribution in [0.2, 0.25) is 0 Å². The molecule has 0 N–H and O–H groups in total. The maximum Gasteiger partial charge on any atom is 0.160 e. The van der Waals surface area contributed by atoms with Gasteiger partial charge in [-0.05, 0) is 68.4 Å². The van der Waals surface area contributed by atoms with Crippen molar-refractivity contribution in [3.8, 4) is 56.0 Å². The van der Waals surface area contributed by atoms with Gasteiger partial charge in [-0.15, -0.1) is 0 Å². The van der Waals surface area contributed by atoms with Gasteiger partial charge in [0.15, 0.2) is 5.82 Å². The summed E-state index contributed by atoms with van der Waals surface area (Å²) in [7, 11) is 0. The van der Waals surface area contributed by atoms with Crippen molar-refractivity contribution in [2.24, 2.45) is 4.99 Å². The van der Waals surface area contributed by atoms with Gasteiger partial charge in [0, 0.05) is 38.1 Å². The Balaban J connectivity index is 1.02. The average Bonchev–Trinajstić information content (AvgIpc) is 3.43. The highest BCUT2D eigenvalue weighted by Crippen LogP contribution is 2.44. The number of hydrogen-bond acceptors (Lipinski definition) is 4. The Kier molecular flexibility index (Phi) is 7.74. The Bertz CT molecular complexity index is 2840. The van der Waals surface area contributed by atoms with Gasteiger partial charge in [0.1, 0.15) is 0 Å². The van der Waals surface area contributed by atoms with Crippen LogP contribution in [0.1, 0.15) is 5.56 Å². The zero-order chi connectivity index (χ0) is 35.1. The van der Waals surface area contributed by atoms with Gasteiger partial charge in [0.2, 0.25) is 0 Å². The summed E-state index contributed by atoms with van der Waals surface area (Å²) in [4.78, 5) is 17.5. The van der Waals surface area contributed by atoms with E-state index in [1.165, 1.54) is 48.4 Å². The molecule has 0 saturated carbocycles. The normalized spacial score (nSPS) is 12.0. The van der Waals surface area contributed by atoms with Crippen molar-refractivity contribution in [2.45, 2.75) is 9.79 Å². The molecule has 1 aliphatic heterocycles. The van der Waals surface area contributed by atoms with E-state index in [2.05, 4.69) is 164 Å². The monoisotopic (exact) mass is 693 g/mol. The second-order valence-electron chi connectivity index (χ2n) is 13.2. The molecule has 0 amide bonds. The third kappa shape index (κ3) is 5.70. The summed E-state index contributed by atoms with van der Waals surface area (Å²) in [6, 6.07) is 64.2. The van der Waals surface area contributed by atoms with E-state index in [4.69, 9.17) is 15.0 Å². The van der Waals surface area contributed by atoms with E-state index in [0.29, 0.717) is 5.82 Å². The van der Waals surface area contributed by atoms with Crippen LogP contribution in [0.3, 0.4) is 0 Å². The van der Waals surface area contributed by atoms with Crippen LogP contribution in [0.25, 0.3) is 77.7 Å². The Morgan fingerprint density at radius 3 is 1.79 bits per heavy atom. The number of para-hydroxylation sites is 2. The summed E-state index contributed by atoms with van der Waals surface area (Å²) in [5, 5.41) is 3.46. The third-order valence-corrected chi connectivity index (χ3v) is 11.2. The molecule has 0 fully saturated rings. The third-order valence-electron chi connectivity index (χ3n) is 10.0. The molecule has 0 unspecified atom stereocenters. The van der Waals surface area contributed by atoms with Crippen molar-refractivity contribution in [3.63, 3.8) is 0 Å². The van der Waals surface area contributed by atoms with E-state index in [1.54, 1.807) is 11.8 Å². The van der Waals surface area contributed by atoms with Crippen LogP contribution >= 0.6 is 11.8 Å². The molecule has 2 heterocycles. The first kappa shape index (κ1) is 31.1. The summed E-state index contributed by atoms with van der Waals surface area (Å²) >= 11 is 1.78. The largest absolute Gasteiger partial charge is 0.255 e. The van der Waals surface area contributed by atoms with E-state index >= 15 is 0 Å². The SMILES string of the molecule is C1=Nc2ccccc2Sc2cccc(-c3ccc(-c4ccc(-c5nc(-c6ccc(-c7ccccc7)cc6)c6ccccc6n5)cc4)c4ccccc34)c21. The van der Waals surface area contributed by atoms with Crippen molar-refractivity contribution in [2.75, 3.05) is 0 Å². The molecule has 10 rings (SSSR count). The highest BCUT2D eigenvalue weighted by atomic mass is 32.2. The predicted octanol–water partition coefficient (Wildman–Crippen LogP) is 13.3. The van der Waals surface area contributed by atoms with Crippen molar-refractivity contribution in [1.82, 2.24) is 9.97 Å². The lowest BCUT2D eigenvalue weighted by Crippen LogP contribution is -1.95. The molecule has 248 valence electrons. The van der Waals surface area contributed by atoms with Crippen LogP contribution in [-0.4, -0.2) is 16.2 Å². The maximum atomic E-state index is 5.17. The summed E-state index contributed by atoms with van der Waals surface area (Å²) in [5.41, 5.74) is 13.2. The lowest BCUT2D eigenvalue weighted by molar-refractivity contribution is 1.23. The molecule has 0 atom stereocenters. The number of fused-ring (bicyclic) bond motifs is 4. The van der Waals surface area contributed by atoms with Gasteiger partial charge in [-0.3, -0.25) is 4.99 Å². The Labute approximate surface area is 312 Å². The molecule has 0 aliphatic carbocycles. The minimum absolute atomic E-state index is 0.712. The molecule has 0 bridgehead atoms. The van der Waals surface area contributed by atoms with Gasteiger partial charge >= 0.3 is 0 Å². The first-order valence-corrected chi connectivity index (χ1v) is 18.6. The number of rotatable bonds is 5. The van der Waals surface area contributed by atoms with Crippen LogP contribution in [0.4, 0.5) is 5.69 Å². The van der Waals surface area contributed by atoms with Crippen LogP contribution < -0.4 is 0 Å². The van der Waals surface area contributed by atoms with Gasteiger partial charge in [0.05, 0.1) is 16.9 Å². The van der Waals surface area contributed by atoms with Crippen LogP contribution in [-0.2, 0) is 0 Å². The van der Waals surface area contributed by atoms with E-state index in [1.807, 2.05) is 24.4 Å². The van der Waals surface area contributed by atoms with E-state index < -0.39 is 0 Å². The zero-order valence-electron chi connectivity index (χ0n) is 28.6. The summed E-state index contributed by atoms with van der Waals surface area (Å²) in [6.45, 7) is 0. The van der Waals surface area contributed by atoms with Crippen molar-refractivity contribution >= 4 is 45.3 Å². The fraction of sp³-hybridized carbons (Fsp3) is 0. The molecular weight excluding hydrogens is 663 g/mol. The number of benzene rings is 8. The van der Waals surface area contributed by atoms with E-state index in [9.17, 15) is 0 Å². The molecular formula is C49H31N3S. The average molecular weight is 694 g/mol. The minimum atomic E-state index is 0.712. The van der Waals surface area contributed by atoms with Gasteiger partial charge in [-0.2, -0.15) is 0 Å². The number of nitrogens with zero attached hydrogens (tertiary/aromatic N) is 3. The Morgan fingerprint density at radius 1 is 0.358 bits per heavy atom. The topological polar surface area (TPSA) is 38.1 Å². The fourth-order valence-electron chi connectivity index (χ4n) is 7.37. The molecule has 0 radical (unpaired) electrons. The lowest BCUT2D eigenvalue weighted by atomic mass is 9.90. The smallest absolute Gasteiger partial charge is 0.160 e. The van der Waals surface area contributed by atoms with Crippen LogP contribution in [0.5, 0.6) is 0 Å². The van der Waals surface area contributed by atoms with Gasteiger partial charge in [0.25, 0.3) is 0 Å². The Hall–Kier alpha value is -6.62. The number of aromatic nitrogens is 2. The standard InChI is InChI=1S/C49H31N3S/c1-2-11-32(12-3-1)33-21-25-35(26-22-33)48-42-15-6-7-17-44(42)51-49(52-48)36-27-23-34(24-28-36)37-29-30-41(39-14-5-4-13-38(37)39)40-16-10-20-46-43(40)31-50-45-18-8-9-19-47(45)53-46/h1-31H. The summed E-state index contributed by atoms with van der Waals surface area (Å²) < 4.78 is 0. The van der Waals surface area contributed by atoms with Gasteiger partial charge in [-0.25, -0.2) is 9.97 Å². The summed E-state index contributed by atoms with van der Waals surface area (Å²) in [5.74, 6) is 0.712. The Morgan fingerprint density at radius 2 is 0.962 bits per heavy atom. The molecule has 3 nitrogen and oxygen atoms in total. The zero-order valence-corrected chi connectivity index (χ0v) is 29.5. The van der Waals surface area contributed by atoms with E-state index in [-0.39, 0.29) is 0 Å². The molecule has 8 aromatic carbocycles. The summed E-state index contributed by atoms with van der Waals surface area (Å²) in [6.07, 6.45) is 2.03. The van der Waals surface area contributed by atoms with E-state index in [0.717, 1.165) is 44.5 Å². The fourth-order valence-corrected chi connectivity index (χ4v) is 8.39. The lowest BCUT2D eigenvalue weighted by Gasteiger charge is -2.15. The highest BCUT2D eigenvalue weighted by Gasteiger charge is 2.18. The maximum absolute atomic E-state index is 5.17. The van der Waals surface area contributed by atoms with Gasteiger partial charge < -0.3 is 0 Å². The van der Waals surface area contributed by atoms with Crippen molar-refractivity contribution in [3.05, 3.63) is 188 Å². The second kappa shape index (κ2) is 13.2. The second-order valence-corrected chi connectivity index (χ2v) is 14.3. The molecule has 9 aromatic rings. The molecule has 0 saturated heterocycles. The minimum Gasteiger partial charge on any atom is -0.255 e. The molecule has 1 aromatic heterocycles. The van der Waals surface area contributed by atoms with Crippen LogP contribution in [0.15, 0.2) is 197 Å². The van der Waals surface area contributed by atoms with Crippen molar-refractivity contribution < 1.29 is 0 Å². The van der Waals surface area contributed by atoms with Gasteiger partial charge in [-0.1, -0.05) is 169 Å². The van der Waals surface area contributed by atoms with Crippen molar-refractivity contribution in [1.29, 1.82) is 0 Å². The predicted molar refractivity (Wildman–Crippen MR) is 222 cm³/mol. The number of hydrogen-bond donors (Lipinski definition) is 0. The first-order chi connectivity index (χ1) is 26.3. The first-order valence-electron chi connectivity index (χ1n) is 17.8. The van der Waals surface area contributed by atoms with Crippen LogP contribution in [0, 0.1) is 0 Å². The molecule has 4 heteroatoms.